The Labute approximate surface area is 95.9 Å². The molecule has 0 aliphatic heterocycles. The van der Waals surface area contributed by atoms with E-state index < -0.39 is 17.0 Å². The van der Waals surface area contributed by atoms with Crippen LogP contribution in [-0.2, 0) is 4.79 Å². The molecule has 0 atom stereocenters. The van der Waals surface area contributed by atoms with Crippen molar-refractivity contribution >= 4 is 28.5 Å². The van der Waals surface area contributed by atoms with Gasteiger partial charge in [0.25, 0.3) is 0 Å². The van der Waals surface area contributed by atoms with Crippen LogP contribution < -0.4 is 5.43 Å². The summed E-state index contributed by atoms with van der Waals surface area (Å²) in [6, 6.07) is 2.48. The highest BCUT2D eigenvalue weighted by atomic mass is 32.1. The molecule has 0 aromatic carbocycles. The number of hydrazone groups is 1. The number of hydrogen-bond acceptors (Lipinski definition) is 5. The summed E-state index contributed by atoms with van der Waals surface area (Å²) in [7, 11) is 0. The molecule has 0 fully saturated rings. The van der Waals surface area contributed by atoms with Gasteiger partial charge >= 0.3 is 17.1 Å². The van der Waals surface area contributed by atoms with Crippen molar-refractivity contribution in [2.24, 2.45) is 5.10 Å². The van der Waals surface area contributed by atoms with E-state index >= 15 is 0 Å². The minimum atomic E-state index is -5.02. The second-order valence-electron chi connectivity index (χ2n) is 2.63. The molecule has 0 aliphatic carbocycles. The first-order valence-corrected chi connectivity index (χ1v) is 4.77. The van der Waals surface area contributed by atoms with Crippen molar-refractivity contribution < 1.29 is 22.9 Å². The van der Waals surface area contributed by atoms with Crippen LogP contribution in [0.2, 0.25) is 0 Å². The Kier molecular flexibility index (Phi) is 3.78. The fraction of sp³-hybridized carbons (Fsp3) is 0.143. The topological polar surface area (TPSA) is 84.6 Å². The zero-order valence-corrected chi connectivity index (χ0v) is 8.71. The first-order valence-electron chi connectivity index (χ1n) is 3.95. The second-order valence-corrected chi connectivity index (χ2v) is 3.72. The summed E-state index contributed by atoms with van der Waals surface area (Å²) in [5, 5.41) is 13.1. The Balaban J connectivity index is 2.60. The Morgan fingerprint density at radius 3 is 2.65 bits per heavy atom. The second kappa shape index (κ2) is 4.91. The highest BCUT2D eigenvalue weighted by Gasteiger charge is 2.38. The van der Waals surface area contributed by atoms with Crippen LogP contribution in [0, 0.1) is 10.1 Å². The zero-order valence-electron chi connectivity index (χ0n) is 7.89. The molecule has 1 aromatic rings. The van der Waals surface area contributed by atoms with E-state index in [1.165, 1.54) is 17.6 Å². The zero-order chi connectivity index (χ0) is 13.1. The van der Waals surface area contributed by atoms with Gasteiger partial charge in [0.1, 0.15) is 0 Å². The van der Waals surface area contributed by atoms with E-state index in [1.54, 1.807) is 0 Å². The third-order valence-electron chi connectivity index (χ3n) is 1.41. The Bertz CT molecular complexity index is 468. The molecule has 1 heterocycles. The van der Waals surface area contributed by atoms with Crippen molar-refractivity contribution in [3.8, 4) is 0 Å². The predicted molar refractivity (Wildman–Crippen MR) is 52.8 cm³/mol. The van der Waals surface area contributed by atoms with Crippen LogP contribution >= 0.6 is 11.3 Å². The van der Waals surface area contributed by atoms with Gasteiger partial charge in [-0.2, -0.15) is 18.3 Å². The van der Waals surface area contributed by atoms with Crippen LogP contribution in [-0.4, -0.2) is 23.2 Å². The number of hydrogen-bond donors (Lipinski definition) is 1. The van der Waals surface area contributed by atoms with Crippen molar-refractivity contribution in [3.63, 3.8) is 0 Å². The van der Waals surface area contributed by atoms with Crippen LogP contribution in [0.5, 0.6) is 0 Å². The van der Waals surface area contributed by atoms with Gasteiger partial charge in [0, 0.05) is 6.07 Å². The molecule has 0 aliphatic rings. The molecule has 1 rings (SSSR count). The Hall–Kier alpha value is -1.97. The van der Waals surface area contributed by atoms with Crippen molar-refractivity contribution in [2.75, 3.05) is 0 Å². The molecule has 0 bridgehead atoms. The molecule has 1 N–H and O–H groups in total. The summed E-state index contributed by atoms with van der Waals surface area (Å²) < 4.78 is 35.1. The minimum absolute atomic E-state index is 0.173. The SMILES string of the molecule is O=C(N/N=C\c1ccc([N+](=O)[O-])s1)C(F)(F)F. The van der Waals surface area contributed by atoms with Gasteiger partial charge in [-0.1, -0.05) is 11.3 Å². The van der Waals surface area contributed by atoms with E-state index in [4.69, 9.17) is 0 Å². The maximum absolute atomic E-state index is 11.7. The van der Waals surface area contributed by atoms with Gasteiger partial charge in [0.05, 0.1) is 16.0 Å². The molecular weight excluding hydrogens is 263 g/mol. The summed E-state index contributed by atoms with van der Waals surface area (Å²) in [5.74, 6) is -2.21. The normalized spacial score (nSPS) is 11.7. The largest absolute Gasteiger partial charge is 0.473 e. The van der Waals surface area contributed by atoms with Crippen molar-refractivity contribution in [1.29, 1.82) is 0 Å². The lowest BCUT2D eigenvalue weighted by Crippen LogP contribution is -2.33. The van der Waals surface area contributed by atoms with Gasteiger partial charge in [-0.05, 0) is 6.07 Å². The molecule has 0 saturated carbocycles. The summed E-state index contributed by atoms with van der Waals surface area (Å²) >= 11 is 0.719. The first kappa shape index (κ1) is 13.1. The van der Waals surface area contributed by atoms with Crippen LogP contribution in [0.4, 0.5) is 18.2 Å². The lowest BCUT2D eigenvalue weighted by molar-refractivity contribution is -0.380. The molecule has 0 spiro atoms. The lowest BCUT2D eigenvalue weighted by atomic mass is 10.5. The van der Waals surface area contributed by atoms with Crippen molar-refractivity contribution in [2.45, 2.75) is 6.18 Å². The lowest BCUT2D eigenvalue weighted by Gasteiger charge is -2.01. The van der Waals surface area contributed by atoms with Crippen molar-refractivity contribution in [1.82, 2.24) is 5.43 Å². The van der Waals surface area contributed by atoms with E-state index in [1.807, 2.05) is 0 Å². The van der Waals surface area contributed by atoms with Gasteiger partial charge in [0.15, 0.2) is 0 Å². The van der Waals surface area contributed by atoms with E-state index in [0.717, 1.165) is 17.6 Å². The molecule has 10 heteroatoms. The highest BCUT2D eigenvalue weighted by Crippen LogP contribution is 2.22. The van der Waals surface area contributed by atoms with Crippen LogP contribution in [0.1, 0.15) is 4.88 Å². The summed E-state index contributed by atoms with van der Waals surface area (Å²) in [4.78, 5) is 20.2. The number of nitrogens with zero attached hydrogens (tertiary/aromatic N) is 2. The highest BCUT2D eigenvalue weighted by molar-refractivity contribution is 7.16. The van der Waals surface area contributed by atoms with E-state index in [-0.39, 0.29) is 9.88 Å². The van der Waals surface area contributed by atoms with Gasteiger partial charge in [-0.25, -0.2) is 5.43 Å². The number of amides is 1. The molecule has 0 unspecified atom stereocenters. The number of carbonyl (C=O) groups excluding carboxylic acids is 1. The smallest absolute Gasteiger partial charge is 0.263 e. The summed E-state index contributed by atoms with van der Waals surface area (Å²) in [6.45, 7) is 0. The molecule has 17 heavy (non-hydrogen) atoms. The van der Waals surface area contributed by atoms with Crippen molar-refractivity contribution in [3.05, 3.63) is 27.1 Å². The quantitative estimate of drug-likeness (QED) is 0.513. The predicted octanol–water partition coefficient (Wildman–Crippen LogP) is 1.67. The average molecular weight is 267 g/mol. The standard InChI is InChI=1S/C7H4F3N3O3S/c8-7(9,10)6(14)12-11-3-4-1-2-5(17-4)13(15)16/h1-3H,(H,12,14)/b11-3-. The monoisotopic (exact) mass is 267 g/mol. The van der Waals surface area contributed by atoms with Gasteiger partial charge in [-0.15, -0.1) is 0 Å². The van der Waals surface area contributed by atoms with Crippen LogP contribution in [0.15, 0.2) is 17.2 Å². The minimum Gasteiger partial charge on any atom is -0.263 e. The number of alkyl halides is 3. The number of nitro groups is 1. The maximum Gasteiger partial charge on any atom is 0.473 e. The number of rotatable bonds is 3. The van der Waals surface area contributed by atoms with E-state index in [0.29, 0.717) is 0 Å². The average Bonchev–Trinajstić information content (AvgIpc) is 2.64. The fourth-order valence-corrected chi connectivity index (χ4v) is 1.42. The molecule has 1 amide bonds. The molecular formula is C7H4F3N3O3S. The number of nitrogens with one attached hydrogen (secondary N) is 1. The van der Waals surface area contributed by atoms with E-state index in [2.05, 4.69) is 5.10 Å². The number of halogens is 3. The number of carbonyl (C=O) groups is 1. The molecule has 0 radical (unpaired) electrons. The first-order chi connectivity index (χ1) is 7.80. The van der Waals surface area contributed by atoms with Gasteiger partial charge in [0.2, 0.25) is 0 Å². The van der Waals surface area contributed by atoms with Crippen LogP contribution in [0.25, 0.3) is 0 Å². The van der Waals surface area contributed by atoms with Gasteiger partial charge in [-0.3, -0.25) is 14.9 Å². The molecule has 0 saturated heterocycles. The molecule has 1 aromatic heterocycles. The summed E-state index contributed by atoms with van der Waals surface area (Å²) in [5.41, 5.74) is 1.25. The summed E-state index contributed by atoms with van der Waals surface area (Å²) in [6.07, 6.45) is -4.12. The fourth-order valence-electron chi connectivity index (χ4n) is 0.728. The van der Waals surface area contributed by atoms with Gasteiger partial charge < -0.3 is 0 Å². The molecule has 6 nitrogen and oxygen atoms in total. The molecule has 92 valence electrons. The van der Waals surface area contributed by atoms with Crippen LogP contribution in [0.3, 0.4) is 0 Å². The third kappa shape index (κ3) is 3.83. The third-order valence-corrected chi connectivity index (χ3v) is 2.38. The Morgan fingerprint density at radius 2 is 2.18 bits per heavy atom. The van der Waals surface area contributed by atoms with E-state index in [9.17, 15) is 28.1 Å². The number of thiophene rings is 1. The maximum atomic E-state index is 11.7. The Morgan fingerprint density at radius 1 is 1.53 bits per heavy atom.